The Morgan fingerprint density at radius 3 is 2.46 bits per heavy atom. The van der Waals surface area contributed by atoms with Crippen LogP contribution < -0.4 is 10.0 Å². The van der Waals surface area contributed by atoms with Crippen LogP contribution in [-0.4, -0.2) is 27.0 Å². The molecule has 0 saturated carbocycles. The third kappa shape index (κ3) is 4.56. The quantitative estimate of drug-likeness (QED) is 0.707. The van der Waals surface area contributed by atoms with E-state index in [-0.39, 0.29) is 15.8 Å². The maximum absolute atomic E-state index is 12.5. The molecule has 0 radical (unpaired) electrons. The van der Waals surface area contributed by atoms with Crippen molar-refractivity contribution in [2.75, 3.05) is 16.6 Å². The minimum absolute atomic E-state index is 0.0156. The van der Waals surface area contributed by atoms with Gasteiger partial charge < -0.3 is 10.1 Å². The highest BCUT2D eigenvalue weighted by Crippen LogP contribution is 2.27. The van der Waals surface area contributed by atoms with Gasteiger partial charge in [-0.2, -0.15) is 0 Å². The summed E-state index contributed by atoms with van der Waals surface area (Å²) >= 11 is 9.26. The smallest absolute Gasteiger partial charge is 0.263 e. The number of ether oxygens (including phenoxy) is 1. The van der Waals surface area contributed by atoms with Crippen LogP contribution in [0, 0.1) is 0 Å². The average Bonchev–Trinajstić information content (AvgIpc) is 3.10. The monoisotopic (exact) mass is 458 g/mol. The topological polar surface area (TPSA) is 84.5 Å². The molecule has 2 aromatic rings. The minimum atomic E-state index is -3.82. The second-order valence-electron chi connectivity index (χ2n) is 5.75. The fraction of sp³-hybridized carbons (Fsp3) is 0.235. The van der Waals surface area contributed by atoms with Gasteiger partial charge in [-0.15, -0.1) is 0 Å². The minimum Gasteiger partial charge on any atom is -0.368 e. The Hall–Kier alpha value is -1.61. The van der Waals surface area contributed by atoms with Crippen LogP contribution in [-0.2, 0) is 19.6 Å². The van der Waals surface area contributed by atoms with Gasteiger partial charge in [-0.25, -0.2) is 8.42 Å². The zero-order valence-corrected chi connectivity index (χ0v) is 16.7. The second-order valence-corrected chi connectivity index (χ2v) is 8.72. The van der Waals surface area contributed by atoms with Gasteiger partial charge in [0.2, 0.25) is 0 Å². The standard InChI is InChI=1S/C17H16BrClN2O4S/c18-11-3-8-16(14(19)10-11)26(23,24)21-13-6-4-12(5-7-13)20-17(22)15-2-1-9-25-15/h3-8,10,15,21H,1-2,9H2,(H,20,22)/t15-/m1/s1. The molecule has 1 aliphatic heterocycles. The molecule has 0 bridgehead atoms. The highest BCUT2D eigenvalue weighted by atomic mass is 79.9. The summed E-state index contributed by atoms with van der Waals surface area (Å²) in [5.41, 5.74) is 0.925. The van der Waals surface area contributed by atoms with E-state index in [1.807, 2.05) is 0 Å². The molecular formula is C17H16BrClN2O4S. The number of sulfonamides is 1. The van der Waals surface area contributed by atoms with Crippen LogP contribution in [0.2, 0.25) is 5.02 Å². The number of carbonyl (C=O) groups is 1. The summed E-state index contributed by atoms with van der Waals surface area (Å²) in [6, 6.07) is 10.9. The van der Waals surface area contributed by atoms with E-state index in [0.29, 0.717) is 28.9 Å². The van der Waals surface area contributed by atoms with E-state index in [2.05, 4.69) is 26.0 Å². The zero-order chi connectivity index (χ0) is 18.7. The number of rotatable bonds is 5. The Morgan fingerprint density at radius 1 is 1.15 bits per heavy atom. The third-order valence-corrected chi connectivity index (χ3v) is 6.17. The Morgan fingerprint density at radius 2 is 1.85 bits per heavy atom. The van der Waals surface area contributed by atoms with Gasteiger partial charge in [0.25, 0.3) is 15.9 Å². The number of halogens is 2. The molecule has 26 heavy (non-hydrogen) atoms. The molecule has 0 aromatic heterocycles. The summed E-state index contributed by atoms with van der Waals surface area (Å²) in [7, 11) is -3.82. The molecule has 1 aliphatic rings. The zero-order valence-electron chi connectivity index (χ0n) is 13.5. The maximum Gasteiger partial charge on any atom is 0.263 e. The molecule has 1 fully saturated rings. The maximum atomic E-state index is 12.5. The molecule has 0 spiro atoms. The van der Waals surface area contributed by atoms with Crippen LogP contribution in [0.5, 0.6) is 0 Å². The van der Waals surface area contributed by atoms with E-state index < -0.39 is 16.1 Å². The predicted octanol–water partition coefficient (Wildman–Crippen LogP) is 4.02. The normalized spacial score (nSPS) is 17.1. The molecule has 2 N–H and O–H groups in total. The number of carbonyl (C=O) groups excluding carboxylic acids is 1. The number of hydrogen-bond acceptors (Lipinski definition) is 4. The fourth-order valence-electron chi connectivity index (χ4n) is 2.53. The van der Waals surface area contributed by atoms with Gasteiger partial charge in [0, 0.05) is 22.5 Å². The number of amides is 1. The molecule has 138 valence electrons. The van der Waals surface area contributed by atoms with E-state index in [1.165, 1.54) is 12.1 Å². The number of anilines is 2. The number of benzene rings is 2. The van der Waals surface area contributed by atoms with Gasteiger partial charge in [-0.1, -0.05) is 27.5 Å². The van der Waals surface area contributed by atoms with Crippen LogP contribution in [0.1, 0.15) is 12.8 Å². The van der Waals surface area contributed by atoms with Crippen LogP contribution >= 0.6 is 27.5 Å². The van der Waals surface area contributed by atoms with Crippen molar-refractivity contribution in [2.24, 2.45) is 0 Å². The molecule has 6 nitrogen and oxygen atoms in total. The van der Waals surface area contributed by atoms with Crippen molar-refractivity contribution in [2.45, 2.75) is 23.8 Å². The first kappa shape index (κ1) is 19.2. The molecule has 0 unspecified atom stereocenters. The predicted molar refractivity (Wildman–Crippen MR) is 104 cm³/mol. The Labute approximate surface area is 165 Å². The average molecular weight is 460 g/mol. The lowest BCUT2D eigenvalue weighted by atomic mass is 10.2. The summed E-state index contributed by atoms with van der Waals surface area (Å²) in [5, 5.41) is 2.87. The molecule has 9 heteroatoms. The molecular weight excluding hydrogens is 444 g/mol. The van der Waals surface area contributed by atoms with Crippen LogP contribution in [0.4, 0.5) is 11.4 Å². The van der Waals surface area contributed by atoms with Gasteiger partial charge in [0.1, 0.15) is 11.0 Å². The van der Waals surface area contributed by atoms with Crippen molar-refractivity contribution in [3.05, 3.63) is 52.0 Å². The summed E-state index contributed by atoms with van der Waals surface area (Å²) in [5.74, 6) is -0.197. The highest BCUT2D eigenvalue weighted by molar-refractivity contribution is 9.10. The molecule has 0 aliphatic carbocycles. The van der Waals surface area contributed by atoms with E-state index >= 15 is 0 Å². The Balaban J connectivity index is 1.69. The molecule has 1 saturated heterocycles. The van der Waals surface area contributed by atoms with Gasteiger partial charge in [-0.3, -0.25) is 9.52 Å². The molecule has 2 aromatic carbocycles. The lowest BCUT2D eigenvalue weighted by molar-refractivity contribution is -0.124. The van der Waals surface area contributed by atoms with Gasteiger partial charge in [0.05, 0.1) is 5.02 Å². The van der Waals surface area contributed by atoms with Crippen molar-refractivity contribution in [1.29, 1.82) is 0 Å². The van der Waals surface area contributed by atoms with Gasteiger partial charge in [0.15, 0.2) is 0 Å². The van der Waals surface area contributed by atoms with Crippen molar-refractivity contribution in [1.82, 2.24) is 0 Å². The number of nitrogens with one attached hydrogen (secondary N) is 2. The summed E-state index contributed by atoms with van der Waals surface area (Å²) in [4.78, 5) is 12.0. The summed E-state index contributed by atoms with van der Waals surface area (Å²) in [6.45, 7) is 0.595. The highest BCUT2D eigenvalue weighted by Gasteiger charge is 2.23. The van der Waals surface area contributed by atoms with Crippen molar-refractivity contribution in [3.63, 3.8) is 0 Å². The molecule has 3 rings (SSSR count). The third-order valence-electron chi connectivity index (χ3n) is 3.81. The first-order valence-corrected chi connectivity index (χ1v) is 10.5. The van der Waals surface area contributed by atoms with E-state index in [9.17, 15) is 13.2 Å². The van der Waals surface area contributed by atoms with E-state index in [0.717, 1.165) is 6.42 Å². The van der Waals surface area contributed by atoms with Crippen LogP contribution in [0.15, 0.2) is 51.8 Å². The van der Waals surface area contributed by atoms with Crippen LogP contribution in [0.25, 0.3) is 0 Å². The SMILES string of the molecule is O=C(Nc1ccc(NS(=O)(=O)c2ccc(Br)cc2Cl)cc1)[C@H]1CCCO1. The Kier molecular flexibility index (Phi) is 5.86. The first-order chi connectivity index (χ1) is 12.3. The molecule has 1 heterocycles. The van der Waals surface area contributed by atoms with Crippen LogP contribution in [0.3, 0.4) is 0 Å². The lowest BCUT2D eigenvalue weighted by Gasteiger charge is -2.12. The molecule has 1 amide bonds. The first-order valence-electron chi connectivity index (χ1n) is 7.85. The summed E-state index contributed by atoms with van der Waals surface area (Å²) < 4.78 is 33.4. The summed E-state index contributed by atoms with van der Waals surface area (Å²) in [6.07, 6.45) is 1.16. The second kappa shape index (κ2) is 7.96. The van der Waals surface area contributed by atoms with Crippen molar-refractivity contribution < 1.29 is 17.9 Å². The van der Waals surface area contributed by atoms with E-state index in [4.69, 9.17) is 16.3 Å². The lowest BCUT2D eigenvalue weighted by Crippen LogP contribution is -2.26. The Bertz CT molecular complexity index is 913. The van der Waals surface area contributed by atoms with Gasteiger partial charge >= 0.3 is 0 Å². The fourth-order valence-corrected chi connectivity index (χ4v) is 4.63. The molecule has 1 atom stereocenters. The number of hydrogen-bond donors (Lipinski definition) is 2. The van der Waals surface area contributed by atoms with E-state index in [1.54, 1.807) is 30.3 Å². The largest absolute Gasteiger partial charge is 0.368 e. The van der Waals surface area contributed by atoms with Crippen molar-refractivity contribution in [3.8, 4) is 0 Å². The van der Waals surface area contributed by atoms with Gasteiger partial charge in [-0.05, 0) is 55.3 Å². The van der Waals surface area contributed by atoms with Crippen molar-refractivity contribution >= 4 is 54.8 Å².